The van der Waals surface area contributed by atoms with E-state index in [1.165, 1.54) is 103 Å². The SMILES string of the molecule is CCCC(N)CCCCCCCCCCCCCC1CCO1. The second kappa shape index (κ2) is 14.5. The molecule has 2 heteroatoms. The first-order chi connectivity index (χ1) is 10.8. The molecule has 0 amide bonds. The van der Waals surface area contributed by atoms with Crippen molar-refractivity contribution < 1.29 is 4.74 Å². The Balaban J connectivity index is 1.66. The molecule has 1 fully saturated rings. The molecule has 2 N–H and O–H groups in total. The van der Waals surface area contributed by atoms with Crippen molar-refractivity contribution in [1.29, 1.82) is 0 Å². The van der Waals surface area contributed by atoms with E-state index in [-0.39, 0.29) is 0 Å². The summed E-state index contributed by atoms with van der Waals surface area (Å²) in [5, 5.41) is 0. The average Bonchev–Trinajstić information content (AvgIpc) is 2.46. The maximum absolute atomic E-state index is 6.04. The monoisotopic (exact) mass is 311 g/mol. The third kappa shape index (κ3) is 11.5. The van der Waals surface area contributed by atoms with Crippen LogP contribution < -0.4 is 5.73 Å². The van der Waals surface area contributed by atoms with Gasteiger partial charge in [-0.2, -0.15) is 0 Å². The van der Waals surface area contributed by atoms with Crippen molar-refractivity contribution in [3.63, 3.8) is 0 Å². The molecule has 1 aliphatic heterocycles. The number of hydrogen-bond acceptors (Lipinski definition) is 2. The predicted octanol–water partition coefficient (Wildman–Crippen LogP) is 5.97. The largest absolute Gasteiger partial charge is 0.378 e. The number of unbranched alkanes of at least 4 members (excludes halogenated alkanes) is 10. The summed E-state index contributed by atoms with van der Waals surface area (Å²) < 4.78 is 5.45. The Kier molecular flexibility index (Phi) is 13.2. The van der Waals surface area contributed by atoms with Crippen LogP contribution in [0.1, 0.15) is 110 Å². The first kappa shape index (κ1) is 20.0. The van der Waals surface area contributed by atoms with Gasteiger partial charge in [0.05, 0.1) is 6.10 Å². The van der Waals surface area contributed by atoms with E-state index in [4.69, 9.17) is 10.5 Å². The molecular formula is C20H41NO. The van der Waals surface area contributed by atoms with E-state index in [9.17, 15) is 0 Å². The first-order valence-electron chi connectivity index (χ1n) is 10.2. The topological polar surface area (TPSA) is 35.2 Å². The number of ether oxygens (including phenoxy) is 1. The summed E-state index contributed by atoms with van der Waals surface area (Å²) in [6.07, 6.45) is 22.5. The molecule has 132 valence electrons. The van der Waals surface area contributed by atoms with Gasteiger partial charge in [0.15, 0.2) is 0 Å². The zero-order chi connectivity index (χ0) is 15.9. The molecule has 1 rings (SSSR count). The highest BCUT2D eigenvalue weighted by Crippen LogP contribution is 2.19. The second-order valence-corrected chi connectivity index (χ2v) is 7.30. The quantitative estimate of drug-likeness (QED) is 0.356. The minimum Gasteiger partial charge on any atom is -0.378 e. The van der Waals surface area contributed by atoms with E-state index < -0.39 is 0 Å². The van der Waals surface area contributed by atoms with Gasteiger partial charge >= 0.3 is 0 Å². The third-order valence-electron chi connectivity index (χ3n) is 5.05. The molecule has 2 atom stereocenters. The van der Waals surface area contributed by atoms with Crippen LogP contribution in [0.15, 0.2) is 0 Å². The molecule has 1 heterocycles. The van der Waals surface area contributed by atoms with E-state index in [0.29, 0.717) is 12.1 Å². The summed E-state index contributed by atoms with van der Waals surface area (Å²) in [4.78, 5) is 0. The van der Waals surface area contributed by atoms with Gasteiger partial charge in [-0.1, -0.05) is 84.0 Å². The van der Waals surface area contributed by atoms with E-state index in [1.54, 1.807) is 0 Å². The molecule has 0 bridgehead atoms. The first-order valence-corrected chi connectivity index (χ1v) is 10.2. The van der Waals surface area contributed by atoms with Crippen LogP contribution in [0.25, 0.3) is 0 Å². The zero-order valence-corrected chi connectivity index (χ0v) is 15.2. The van der Waals surface area contributed by atoms with Gasteiger partial charge in [-0.3, -0.25) is 0 Å². The lowest BCUT2D eigenvalue weighted by atomic mass is 10.0. The highest BCUT2D eigenvalue weighted by atomic mass is 16.5. The molecule has 0 aromatic rings. The van der Waals surface area contributed by atoms with Crippen molar-refractivity contribution in [2.45, 2.75) is 122 Å². The Morgan fingerprint density at radius 3 is 1.77 bits per heavy atom. The molecule has 1 aliphatic rings. The van der Waals surface area contributed by atoms with Gasteiger partial charge in [-0.05, 0) is 25.7 Å². The number of nitrogens with two attached hydrogens (primary N) is 1. The van der Waals surface area contributed by atoms with Crippen LogP contribution in [-0.4, -0.2) is 18.8 Å². The summed E-state index contributed by atoms with van der Waals surface area (Å²) in [6.45, 7) is 3.23. The summed E-state index contributed by atoms with van der Waals surface area (Å²) >= 11 is 0. The Morgan fingerprint density at radius 2 is 1.32 bits per heavy atom. The lowest BCUT2D eigenvalue weighted by molar-refractivity contribution is -0.0555. The van der Waals surface area contributed by atoms with Crippen LogP contribution >= 0.6 is 0 Å². The molecule has 0 aliphatic carbocycles. The fourth-order valence-electron chi connectivity index (χ4n) is 3.40. The summed E-state index contributed by atoms with van der Waals surface area (Å²) in [6, 6.07) is 0.459. The van der Waals surface area contributed by atoms with Crippen molar-refractivity contribution in [2.75, 3.05) is 6.61 Å². The van der Waals surface area contributed by atoms with Gasteiger partial charge < -0.3 is 10.5 Å². The summed E-state index contributed by atoms with van der Waals surface area (Å²) in [7, 11) is 0. The van der Waals surface area contributed by atoms with Crippen LogP contribution in [-0.2, 0) is 4.74 Å². The van der Waals surface area contributed by atoms with Gasteiger partial charge in [-0.15, -0.1) is 0 Å². The minimum atomic E-state index is 0.459. The second-order valence-electron chi connectivity index (χ2n) is 7.30. The molecule has 1 saturated heterocycles. The van der Waals surface area contributed by atoms with Crippen molar-refractivity contribution in [3.05, 3.63) is 0 Å². The van der Waals surface area contributed by atoms with Crippen molar-refractivity contribution >= 4 is 0 Å². The number of hydrogen-bond donors (Lipinski definition) is 1. The fourth-order valence-corrected chi connectivity index (χ4v) is 3.40. The highest BCUT2D eigenvalue weighted by molar-refractivity contribution is 4.65. The van der Waals surface area contributed by atoms with Crippen LogP contribution in [0.2, 0.25) is 0 Å². The van der Waals surface area contributed by atoms with Crippen LogP contribution in [0, 0.1) is 0 Å². The van der Waals surface area contributed by atoms with E-state index in [0.717, 1.165) is 6.61 Å². The van der Waals surface area contributed by atoms with Gasteiger partial charge in [-0.25, -0.2) is 0 Å². The molecule has 0 saturated carbocycles. The Labute approximate surface area is 139 Å². The molecular weight excluding hydrogens is 270 g/mol. The summed E-state index contributed by atoms with van der Waals surface area (Å²) in [5.41, 5.74) is 6.04. The van der Waals surface area contributed by atoms with E-state index >= 15 is 0 Å². The molecule has 2 unspecified atom stereocenters. The Hall–Kier alpha value is -0.0800. The van der Waals surface area contributed by atoms with Crippen molar-refractivity contribution in [1.82, 2.24) is 0 Å². The van der Waals surface area contributed by atoms with Crippen molar-refractivity contribution in [3.8, 4) is 0 Å². The third-order valence-corrected chi connectivity index (χ3v) is 5.05. The normalized spacial score (nSPS) is 19.1. The van der Waals surface area contributed by atoms with Crippen molar-refractivity contribution in [2.24, 2.45) is 5.73 Å². The summed E-state index contributed by atoms with van der Waals surface area (Å²) in [5.74, 6) is 0. The standard InChI is InChI=1S/C20H41NO/c1-2-14-19(21)15-12-10-8-6-4-3-5-7-9-11-13-16-20-17-18-22-20/h19-20H,2-18,21H2,1H3. The molecule has 0 aromatic heterocycles. The molecule has 0 spiro atoms. The number of rotatable bonds is 16. The maximum atomic E-state index is 6.04. The van der Waals surface area contributed by atoms with Gasteiger partial charge in [0, 0.05) is 12.6 Å². The van der Waals surface area contributed by atoms with E-state index in [1.807, 2.05) is 0 Å². The van der Waals surface area contributed by atoms with Crippen LogP contribution in [0.3, 0.4) is 0 Å². The zero-order valence-electron chi connectivity index (χ0n) is 15.2. The van der Waals surface area contributed by atoms with Crippen LogP contribution in [0.5, 0.6) is 0 Å². The predicted molar refractivity (Wildman–Crippen MR) is 97.3 cm³/mol. The molecule has 22 heavy (non-hydrogen) atoms. The minimum absolute atomic E-state index is 0.459. The Bertz CT molecular complexity index is 228. The van der Waals surface area contributed by atoms with Gasteiger partial charge in [0.2, 0.25) is 0 Å². The highest BCUT2D eigenvalue weighted by Gasteiger charge is 2.16. The smallest absolute Gasteiger partial charge is 0.0597 e. The van der Waals surface area contributed by atoms with E-state index in [2.05, 4.69) is 6.92 Å². The van der Waals surface area contributed by atoms with Gasteiger partial charge in [0.1, 0.15) is 0 Å². The fraction of sp³-hybridized carbons (Fsp3) is 1.00. The molecule has 0 radical (unpaired) electrons. The molecule has 0 aromatic carbocycles. The molecule has 2 nitrogen and oxygen atoms in total. The Morgan fingerprint density at radius 1 is 0.818 bits per heavy atom. The lowest BCUT2D eigenvalue weighted by Crippen LogP contribution is -2.26. The lowest BCUT2D eigenvalue weighted by Gasteiger charge is -2.26. The maximum Gasteiger partial charge on any atom is 0.0597 e. The van der Waals surface area contributed by atoms with Gasteiger partial charge in [0.25, 0.3) is 0 Å². The van der Waals surface area contributed by atoms with Crippen LogP contribution in [0.4, 0.5) is 0 Å². The average molecular weight is 312 g/mol.